The van der Waals surface area contributed by atoms with Crippen molar-refractivity contribution in [1.82, 2.24) is 0 Å². The van der Waals surface area contributed by atoms with E-state index in [0.29, 0.717) is 0 Å². The number of ether oxygens (including phenoxy) is 2. The average Bonchev–Trinajstić information content (AvgIpc) is 2.85. The maximum atomic E-state index is 5.45. The molecule has 1 heterocycles. The zero-order valence-corrected chi connectivity index (χ0v) is 10.5. The molecule has 0 saturated carbocycles. The van der Waals surface area contributed by atoms with Gasteiger partial charge in [0, 0.05) is 15.5 Å². The second-order valence-corrected chi connectivity index (χ2v) is 4.72. The van der Waals surface area contributed by atoms with Crippen LogP contribution in [0.5, 0.6) is 11.5 Å². The molecule has 0 spiro atoms. The Balaban J connectivity index is 2.47. The summed E-state index contributed by atoms with van der Waals surface area (Å²) in [6.07, 6.45) is 0. The highest BCUT2D eigenvalue weighted by molar-refractivity contribution is 7.18. The summed E-state index contributed by atoms with van der Waals surface area (Å²) in [6.45, 7) is 0. The first-order chi connectivity index (χ1) is 8.35. The molecule has 0 unspecified atom stereocenters. The normalized spacial score (nSPS) is 10.9. The molecule has 0 N–H and O–H groups in total. The Morgan fingerprint density at radius 1 is 0.882 bits per heavy atom. The summed E-state index contributed by atoms with van der Waals surface area (Å²) in [4.78, 5) is 0. The van der Waals surface area contributed by atoms with Crippen molar-refractivity contribution in [3.63, 3.8) is 0 Å². The molecule has 3 heteroatoms. The van der Waals surface area contributed by atoms with Crippen LogP contribution in [0.2, 0.25) is 0 Å². The van der Waals surface area contributed by atoms with Gasteiger partial charge in [0.25, 0.3) is 0 Å². The predicted molar refractivity (Wildman–Crippen MR) is 72.4 cm³/mol. The molecule has 3 rings (SSSR count). The molecule has 0 aliphatic rings. The zero-order chi connectivity index (χ0) is 11.8. The van der Waals surface area contributed by atoms with E-state index >= 15 is 0 Å². The maximum Gasteiger partial charge on any atom is 0.168 e. The molecule has 0 radical (unpaired) electrons. The summed E-state index contributed by atoms with van der Waals surface area (Å²) < 4.78 is 12.1. The van der Waals surface area contributed by atoms with E-state index in [2.05, 4.69) is 29.6 Å². The van der Waals surface area contributed by atoms with E-state index in [9.17, 15) is 0 Å². The van der Waals surface area contributed by atoms with E-state index in [1.807, 2.05) is 6.07 Å². The maximum absolute atomic E-state index is 5.45. The van der Waals surface area contributed by atoms with Gasteiger partial charge in [-0.25, -0.2) is 0 Å². The SMILES string of the molecule is COc1ccc2c(ccc3ccsc32)c1OC. The standard InChI is InChI=1S/C14H12O2S/c1-15-12-6-5-11-10(13(12)16-2)4-3-9-7-8-17-14(9)11/h3-8H,1-2H3. The quantitative estimate of drug-likeness (QED) is 0.676. The zero-order valence-electron chi connectivity index (χ0n) is 9.69. The molecule has 86 valence electrons. The molecule has 3 aromatic rings. The number of thiophene rings is 1. The fraction of sp³-hybridized carbons (Fsp3) is 0.143. The molecule has 1 aromatic heterocycles. The number of hydrogen-bond donors (Lipinski definition) is 0. The van der Waals surface area contributed by atoms with Crippen LogP contribution in [0.25, 0.3) is 20.9 Å². The van der Waals surface area contributed by atoms with Gasteiger partial charge < -0.3 is 9.47 Å². The fourth-order valence-electron chi connectivity index (χ4n) is 2.16. The topological polar surface area (TPSA) is 18.5 Å². The summed E-state index contributed by atoms with van der Waals surface area (Å²) in [5.41, 5.74) is 0. The van der Waals surface area contributed by atoms with Crippen LogP contribution in [0.1, 0.15) is 0 Å². The summed E-state index contributed by atoms with van der Waals surface area (Å²) in [7, 11) is 3.34. The molecular weight excluding hydrogens is 232 g/mol. The van der Waals surface area contributed by atoms with E-state index in [0.717, 1.165) is 16.9 Å². The number of methoxy groups -OCH3 is 2. The van der Waals surface area contributed by atoms with Gasteiger partial charge in [-0.1, -0.05) is 6.07 Å². The highest BCUT2D eigenvalue weighted by Gasteiger charge is 2.10. The van der Waals surface area contributed by atoms with Gasteiger partial charge in [0.15, 0.2) is 11.5 Å². The van der Waals surface area contributed by atoms with Crippen LogP contribution in [-0.2, 0) is 0 Å². The summed E-state index contributed by atoms with van der Waals surface area (Å²) in [5.74, 6) is 1.58. The Hall–Kier alpha value is -1.74. The Morgan fingerprint density at radius 3 is 2.47 bits per heavy atom. The van der Waals surface area contributed by atoms with Crippen LogP contribution in [0, 0.1) is 0 Å². The van der Waals surface area contributed by atoms with Crippen molar-refractivity contribution in [2.45, 2.75) is 0 Å². The minimum Gasteiger partial charge on any atom is -0.493 e. The average molecular weight is 244 g/mol. The molecule has 0 bridgehead atoms. The second-order valence-electron chi connectivity index (χ2n) is 3.80. The van der Waals surface area contributed by atoms with Gasteiger partial charge in [-0.3, -0.25) is 0 Å². The van der Waals surface area contributed by atoms with Gasteiger partial charge in [0.05, 0.1) is 14.2 Å². The molecule has 17 heavy (non-hydrogen) atoms. The first-order valence-electron chi connectivity index (χ1n) is 5.36. The van der Waals surface area contributed by atoms with E-state index in [1.54, 1.807) is 25.6 Å². The molecule has 0 aliphatic carbocycles. The third-order valence-electron chi connectivity index (χ3n) is 2.95. The smallest absolute Gasteiger partial charge is 0.168 e. The molecule has 0 fully saturated rings. The van der Waals surface area contributed by atoms with Crippen LogP contribution in [0.15, 0.2) is 35.7 Å². The largest absolute Gasteiger partial charge is 0.493 e. The van der Waals surface area contributed by atoms with Gasteiger partial charge >= 0.3 is 0 Å². The molecule has 0 atom stereocenters. The second kappa shape index (κ2) is 3.93. The van der Waals surface area contributed by atoms with E-state index in [1.165, 1.54) is 15.5 Å². The molecular formula is C14H12O2S. The third-order valence-corrected chi connectivity index (χ3v) is 3.92. The highest BCUT2D eigenvalue weighted by Crippen LogP contribution is 2.39. The van der Waals surface area contributed by atoms with Gasteiger partial charge in [-0.15, -0.1) is 11.3 Å². The molecule has 0 saturated heterocycles. The van der Waals surface area contributed by atoms with Gasteiger partial charge in [-0.05, 0) is 35.0 Å². The third kappa shape index (κ3) is 1.46. The number of fused-ring (bicyclic) bond motifs is 3. The van der Waals surface area contributed by atoms with E-state index < -0.39 is 0 Å². The van der Waals surface area contributed by atoms with Crippen LogP contribution < -0.4 is 9.47 Å². The minimum absolute atomic E-state index is 0.774. The summed E-state index contributed by atoms with van der Waals surface area (Å²) in [6, 6.07) is 10.4. The lowest BCUT2D eigenvalue weighted by Gasteiger charge is -2.10. The highest BCUT2D eigenvalue weighted by atomic mass is 32.1. The number of rotatable bonds is 2. The number of hydrogen-bond acceptors (Lipinski definition) is 3. The monoisotopic (exact) mass is 244 g/mol. The lowest BCUT2D eigenvalue weighted by atomic mass is 10.1. The van der Waals surface area contributed by atoms with Gasteiger partial charge in [0.2, 0.25) is 0 Å². The van der Waals surface area contributed by atoms with Crippen molar-refractivity contribution in [2.75, 3.05) is 14.2 Å². The van der Waals surface area contributed by atoms with Crippen molar-refractivity contribution in [1.29, 1.82) is 0 Å². The van der Waals surface area contributed by atoms with Gasteiger partial charge in [-0.2, -0.15) is 0 Å². The van der Waals surface area contributed by atoms with Crippen molar-refractivity contribution >= 4 is 32.2 Å². The Labute approximate surface area is 103 Å². The minimum atomic E-state index is 0.774. The fourth-order valence-corrected chi connectivity index (χ4v) is 3.08. The van der Waals surface area contributed by atoms with Crippen LogP contribution in [0.3, 0.4) is 0 Å². The summed E-state index contributed by atoms with van der Waals surface area (Å²) in [5, 5.41) is 5.70. The molecule has 2 nitrogen and oxygen atoms in total. The van der Waals surface area contributed by atoms with E-state index in [-0.39, 0.29) is 0 Å². The van der Waals surface area contributed by atoms with Gasteiger partial charge in [0.1, 0.15) is 0 Å². The molecule has 0 amide bonds. The van der Waals surface area contributed by atoms with Crippen molar-refractivity contribution in [2.24, 2.45) is 0 Å². The van der Waals surface area contributed by atoms with Crippen LogP contribution >= 0.6 is 11.3 Å². The first-order valence-corrected chi connectivity index (χ1v) is 6.24. The van der Waals surface area contributed by atoms with Crippen molar-refractivity contribution in [3.8, 4) is 11.5 Å². The Morgan fingerprint density at radius 2 is 1.71 bits per heavy atom. The lowest BCUT2D eigenvalue weighted by Crippen LogP contribution is -1.91. The van der Waals surface area contributed by atoms with Crippen LogP contribution in [0.4, 0.5) is 0 Å². The molecule has 0 aliphatic heterocycles. The van der Waals surface area contributed by atoms with Crippen LogP contribution in [-0.4, -0.2) is 14.2 Å². The van der Waals surface area contributed by atoms with Crippen molar-refractivity contribution in [3.05, 3.63) is 35.7 Å². The van der Waals surface area contributed by atoms with E-state index in [4.69, 9.17) is 9.47 Å². The predicted octanol–water partition coefficient (Wildman–Crippen LogP) is 4.07. The Kier molecular flexibility index (Phi) is 2.41. The Bertz CT molecular complexity index is 685. The summed E-state index contributed by atoms with van der Waals surface area (Å²) >= 11 is 1.75. The van der Waals surface area contributed by atoms with Crippen molar-refractivity contribution < 1.29 is 9.47 Å². The lowest BCUT2D eigenvalue weighted by molar-refractivity contribution is 0.358. The molecule has 2 aromatic carbocycles. The number of benzene rings is 2. The first kappa shape index (κ1) is 10.4.